The Morgan fingerprint density at radius 3 is 2.81 bits per heavy atom. The SMILES string of the molecule is CCOc1cc2c(cc1OC)CCN(C=O)[C@H]2CCc1c[nH]c2ccc(OC(F)F)cc12. The summed E-state index contributed by atoms with van der Waals surface area (Å²) in [7, 11) is 1.62. The Hall–Kier alpha value is -3.29. The van der Waals surface area contributed by atoms with Crippen molar-refractivity contribution in [1.29, 1.82) is 0 Å². The predicted molar refractivity (Wildman–Crippen MR) is 117 cm³/mol. The second-order valence-electron chi connectivity index (χ2n) is 7.68. The van der Waals surface area contributed by atoms with Crippen LogP contribution < -0.4 is 14.2 Å². The van der Waals surface area contributed by atoms with E-state index in [0.29, 0.717) is 37.5 Å². The third-order valence-electron chi connectivity index (χ3n) is 5.91. The van der Waals surface area contributed by atoms with Gasteiger partial charge in [-0.05, 0) is 73.2 Å². The summed E-state index contributed by atoms with van der Waals surface area (Å²) in [5.41, 5.74) is 4.02. The van der Waals surface area contributed by atoms with Gasteiger partial charge in [0.1, 0.15) is 5.75 Å². The van der Waals surface area contributed by atoms with Crippen molar-refractivity contribution in [2.75, 3.05) is 20.3 Å². The van der Waals surface area contributed by atoms with E-state index < -0.39 is 6.61 Å². The van der Waals surface area contributed by atoms with E-state index in [9.17, 15) is 13.6 Å². The third-order valence-corrected chi connectivity index (χ3v) is 5.91. The van der Waals surface area contributed by atoms with Crippen molar-refractivity contribution in [2.45, 2.75) is 38.8 Å². The molecule has 0 unspecified atom stereocenters. The number of benzene rings is 2. The number of aryl methyl sites for hydroxylation is 1. The molecule has 1 aliphatic heterocycles. The minimum atomic E-state index is -2.87. The smallest absolute Gasteiger partial charge is 0.387 e. The molecule has 1 N–H and O–H groups in total. The summed E-state index contributed by atoms with van der Waals surface area (Å²) in [5, 5.41) is 0.835. The maximum atomic E-state index is 12.6. The standard InChI is InChI=1S/C24H26F2N2O4/c1-3-31-23-12-19-15(10-22(23)30-2)8-9-28(14-29)21(19)7-4-16-13-27-20-6-5-17(11-18(16)20)32-24(25)26/h5-6,10-14,21,24,27H,3-4,7-9H2,1-2H3/t21-/m0/s1. The van der Waals surface area contributed by atoms with Crippen molar-refractivity contribution in [3.63, 3.8) is 0 Å². The van der Waals surface area contributed by atoms with Gasteiger partial charge in [-0.25, -0.2) is 0 Å². The number of amides is 1. The number of methoxy groups -OCH3 is 1. The van der Waals surface area contributed by atoms with Crippen molar-refractivity contribution in [2.24, 2.45) is 0 Å². The first-order chi connectivity index (χ1) is 15.5. The van der Waals surface area contributed by atoms with Crippen LogP contribution in [0.3, 0.4) is 0 Å². The number of nitrogens with one attached hydrogen (secondary N) is 1. The van der Waals surface area contributed by atoms with E-state index in [4.69, 9.17) is 9.47 Å². The number of aromatic amines is 1. The number of fused-ring (bicyclic) bond motifs is 2. The molecule has 8 heteroatoms. The molecular weight excluding hydrogens is 418 g/mol. The predicted octanol–water partition coefficient (Wildman–Crippen LogP) is 4.87. The Morgan fingerprint density at radius 2 is 2.09 bits per heavy atom. The Labute approximate surface area is 185 Å². The summed E-state index contributed by atoms with van der Waals surface area (Å²) in [4.78, 5) is 16.8. The first-order valence-corrected chi connectivity index (χ1v) is 10.6. The molecule has 2 aromatic carbocycles. The maximum absolute atomic E-state index is 12.6. The van der Waals surface area contributed by atoms with Crippen LogP contribution in [0, 0.1) is 0 Å². The van der Waals surface area contributed by atoms with Gasteiger partial charge in [-0.2, -0.15) is 8.78 Å². The number of alkyl halides is 2. The van der Waals surface area contributed by atoms with E-state index in [-0.39, 0.29) is 11.8 Å². The molecule has 2 heterocycles. The number of ether oxygens (including phenoxy) is 3. The Kier molecular flexibility index (Phi) is 6.48. The topological polar surface area (TPSA) is 63.8 Å². The molecule has 0 aliphatic carbocycles. The highest BCUT2D eigenvalue weighted by Gasteiger charge is 2.28. The summed E-state index contributed by atoms with van der Waals surface area (Å²) >= 11 is 0. The number of carbonyl (C=O) groups is 1. The molecule has 1 atom stereocenters. The zero-order valence-corrected chi connectivity index (χ0v) is 18.1. The van der Waals surface area contributed by atoms with Gasteiger partial charge in [-0.1, -0.05) is 0 Å². The molecule has 0 saturated heterocycles. The van der Waals surface area contributed by atoms with Crippen molar-refractivity contribution in [1.82, 2.24) is 9.88 Å². The summed E-state index contributed by atoms with van der Waals surface area (Å²) in [6.07, 6.45) is 4.85. The van der Waals surface area contributed by atoms with Crippen LogP contribution in [0.2, 0.25) is 0 Å². The lowest BCUT2D eigenvalue weighted by Crippen LogP contribution is -2.34. The number of hydrogen-bond donors (Lipinski definition) is 1. The fourth-order valence-corrected chi connectivity index (χ4v) is 4.44. The van der Waals surface area contributed by atoms with Crippen LogP contribution in [-0.4, -0.2) is 43.2 Å². The van der Waals surface area contributed by atoms with E-state index in [1.807, 2.05) is 30.2 Å². The minimum absolute atomic E-state index is 0.119. The van der Waals surface area contributed by atoms with Crippen LogP contribution in [0.4, 0.5) is 8.78 Å². The average molecular weight is 444 g/mol. The number of carbonyl (C=O) groups excluding carboxylic acids is 1. The lowest BCUT2D eigenvalue weighted by molar-refractivity contribution is -0.120. The van der Waals surface area contributed by atoms with Crippen molar-refractivity contribution in [3.05, 3.63) is 53.2 Å². The highest BCUT2D eigenvalue weighted by atomic mass is 19.3. The van der Waals surface area contributed by atoms with E-state index >= 15 is 0 Å². The summed E-state index contributed by atoms with van der Waals surface area (Å²) in [5.74, 6) is 1.47. The number of hydrogen-bond acceptors (Lipinski definition) is 4. The molecule has 4 rings (SSSR count). The highest BCUT2D eigenvalue weighted by molar-refractivity contribution is 5.84. The second kappa shape index (κ2) is 9.46. The van der Waals surface area contributed by atoms with Crippen LogP contribution in [0.1, 0.15) is 36.1 Å². The molecule has 6 nitrogen and oxygen atoms in total. The van der Waals surface area contributed by atoms with Crippen LogP contribution in [-0.2, 0) is 17.6 Å². The van der Waals surface area contributed by atoms with Crippen molar-refractivity contribution < 1.29 is 27.8 Å². The number of aromatic nitrogens is 1. The first kappa shape index (κ1) is 21.9. The van der Waals surface area contributed by atoms with Gasteiger partial charge in [0, 0.05) is 23.6 Å². The maximum Gasteiger partial charge on any atom is 0.387 e. The van der Waals surface area contributed by atoms with Crippen LogP contribution >= 0.6 is 0 Å². The molecule has 0 bridgehead atoms. The van der Waals surface area contributed by atoms with Gasteiger partial charge in [0.25, 0.3) is 0 Å². The van der Waals surface area contributed by atoms with E-state index in [1.54, 1.807) is 19.2 Å². The van der Waals surface area contributed by atoms with Crippen LogP contribution in [0.5, 0.6) is 17.2 Å². The molecule has 1 aromatic heterocycles. The van der Waals surface area contributed by atoms with Gasteiger partial charge in [0.2, 0.25) is 6.41 Å². The Bertz CT molecular complexity index is 1100. The van der Waals surface area contributed by atoms with E-state index in [0.717, 1.165) is 40.4 Å². The zero-order chi connectivity index (χ0) is 22.7. The average Bonchev–Trinajstić information content (AvgIpc) is 3.19. The van der Waals surface area contributed by atoms with Gasteiger partial charge in [0.05, 0.1) is 19.8 Å². The number of H-pyrrole nitrogens is 1. The molecule has 0 saturated carbocycles. The lowest BCUT2D eigenvalue weighted by atomic mass is 9.88. The monoisotopic (exact) mass is 444 g/mol. The first-order valence-electron chi connectivity index (χ1n) is 10.6. The molecule has 170 valence electrons. The molecule has 0 spiro atoms. The summed E-state index contributed by atoms with van der Waals surface area (Å²) < 4.78 is 41.0. The number of halogens is 2. The molecule has 3 aromatic rings. The fourth-order valence-electron chi connectivity index (χ4n) is 4.44. The molecule has 0 fully saturated rings. The molecule has 1 aliphatic rings. The van der Waals surface area contributed by atoms with Gasteiger partial charge < -0.3 is 24.1 Å². The van der Waals surface area contributed by atoms with E-state index in [1.165, 1.54) is 6.07 Å². The summed E-state index contributed by atoms with van der Waals surface area (Å²) in [6, 6.07) is 8.72. The lowest BCUT2D eigenvalue weighted by Gasteiger charge is -2.35. The van der Waals surface area contributed by atoms with Crippen LogP contribution in [0.25, 0.3) is 10.9 Å². The molecule has 32 heavy (non-hydrogen) atoms. The van der Waals surface area contributed by atoms with Gasteiger partial charge in [-0.3, -0.25) is 4.79 Å². The summed E-state index contributed by atoms with van der Waals surface area (Å²) in [6.45, 7) is 0.178. The second-order valence-corrected chi connectivity index (χ2v) is 7.68. The van der Waals surface area contributed by atoms with Gasteiger partial charge >= 0.3 is 6.61 Å². The third kappa shape index (κ3) is 4.35. The molecule has 1 amide bonds. The van der Waals surface area contributed by atoms with Crippen molar-refractivity contribution in [3.8, 4) is 17.2 Å². The zero-order valence-electron chi connectivity index (χ0n) is 18.1. The van der Waals surface area contributed by atoms with Gasteiger partial charge in [-0.15, -0.1) is 0 Å². The molecular formula is C24H26F2N2O4. The fraction of sp³-hybridized carbons (Fsp3) is 0.375. The molecule has 0 radical (unpaired) electrons. The van der Waals surface area contributed by atoms with E-state index in [2.05, 4.69) is 9.72 Å². The number of nitrogens with zero attached hydrogens (tertiary/aromatic N) is 1. The van der Waals surface area contributed by atoms with Crippen LogP contribution in [0.15, 0.2) is 36.5 Å². The van der Waals surface area contributed by atoms with Crippen molar-refractivity contribution >= 4 is 17.3 Å². The largest absolute Gasteiger partial charge is 0.493 e. The van der Waals surface area contributed by atoms with Gasteiger partial charge in [0.15, 0.2) is 11.5 Å². The Balaban J connectivity index is 1.62. The quantitative estimate of drug-likeness (QED) is 0.479. The Morgan fingerprint density at radius 1 is 1.25 bits per heavy atom. The normalized spacial score (nSPS) is 15.7. The highest BCUT2D eigenvalue weighted by Crippen LogP contribution is 2.40. The number of rotatable bonds is 9. The minimum Gasteiger partial charge on any atom is -0.493 e.